The van der Waals surface area contributed by atoms with Crippen LogP contribution in [-0.2, 0) is 6.42 Å². The van der Waals surface area contributed by atoms with E-state index in [0.29, 0.717) is 5.56 Å². The molecule has 106 valence electrons. The van der Waals surface area contributed by atoms with Crippen molar-refractivity contribution in [2.45, 2.75) is 33.2 Å². The first-order valence-corrected chi connectivity index (χ1v) is 7.62. The monoisotopic (exact) mass is 335 g/mol. The van der Waals surface area contributed by atoms with Crippen molar-refractivity contribution in [3.8, 4) is 0 Å². The first-order chi connectivity index (χ1) is 9.52. The van der Waals surface area contributed by atoms with E-state index >= 15 is 0 Å². The highest BCUT2D eigenvalue weighted by Gasteiger charge is 2.13. The van der Waals surface area contributed by atoms with Gasteiger partial charge in [-0.15, -0.1) is 0 Å². The zero-order valence-electron chi connectivity index (χ0n) is 12.0. The Kier molecular flexibility index (Phi) is 4.81. The first kappa shape index (κ1) is 15.0. The molecular formula is C17H19BrFN. The van der Waals surface area contributed by atoms with Gasteiger partial charge < -0.3 is 5.32 Å². The fraction of sp³-hybridized carbons (Fsp3) is 0.294. The minimum atomic E-state index is -0.189. The van der Waals surface area contributed by atoms with Gasteiger partial charge in [-0.3, -0.25) is 0 Å². The Morgan fingerprint density at radius 1 is 1.25 bits per heavy atom. The lowest BCUT2D eigenvalue weighted by atomic mass is 10.0. The zero-order chi connectivity index (χ0) is 14.7. The molecule has 2 aromatic rings. The molecule has 3 heteroatoms. The van der Waals surface area contributed by atoms with Crippen LogP contribution in [0.3, 0.4) is 0 Å². The lowest BCUT2D eigenvalue weighted by Gasteiger charge is -2.20. The van der Waals surface area contributed by atoms with Crippen LogP contribution in [0.15, 0.2) is 40.9 Å². The maximum absolute atomic E-state index is 14.0. The van der Waals surface area contributed by atoms with Gasteiger partial charge in [0.25, 0.3) is 0 Å². The summed E-state index contributed by atoms with van der Waals surface area (Å²) in [5, 5.41) is 3.45. The minimum Gasteiger partial charge on any atom is -0.378 e. The lowest BCUT2D eigenvalue weighted by molar-refractivity contribution is 0.599. The quantitative estimate of drug-likeness (QED) is 0.763. The second-order valence-corrected chi connectivity index (χ2v) is 5.91. The third-order valence-electron chi connectivity index (χ3n) is 3.53. The number of para-hydroxylation sites is 1. The van der Waals surface area contributed by atoms with Crippen LogP contribution in [0.4, 0.5) is 10.1 Å². The summed E-state index contributed by atoms with van der Waals surface area (Å²) in [4.78, 5) is 0. The van der Waals surface area contributed by atoms with Gasteiger partial charge in [0.15, 0.2) is 0 Å². The van der Waals surface area contributed by atoms with Crippen LogP contribution in [0.2, 0.25) is 0 Å². The van der Waals surface area contributed by atoms with Crippen molar-refractivity contribution in [2.75, 3.05) is 5.32 Å². The van der Waals surface area contributed by atoms with Gasteiger partial charge in [0, 0.05) is 15.7 Å². The molecule has 0 radical (unpaired) electrons. The molecule has 0 aliphatic carbocycles. The fourth-order valence-corrected chi connectivity index (χ4v) is 2.71. The maximum atomic E-state index is 14.0. The van der Waals surface area contributed by atoms with Gasteiger partial charge >= 0.3 is 0 Å². The molecule has 0 aromatic heterocycles. The highest BCUT2D eigenvalue weighted by molar-refractivity contribution is 9.10. The number of anilines is 1. The molecular weight excluding hydrogens is 317 g/mol. The smallest absolute Gasteiger partial charge is 0.129 e. The van der Waals surface area contributed by atoms with Crippen molar-refractivity contribution in [3.05, 3.63) is 63.4 Å². The van der Waals surface area contributed by atoms with E-state index in [-0.39, 0.29) is 11.9 Å². The number of benzene rings is 2. The van der Waals surface area contributed by atoms with Crippen LogP contribution in [0.25, 0.3) is 0 Å². The fourth-order valence-electron chi connectivity index (χ4n) is 2.38. The Labute approximate surface area is 128 Å². The van der Waals surface area contributed by atoms with Gasteiger partial charge in [-0.1, -0.05) is 47.1 Å². The standard InChI is InChI=1S/C17H19BrFN/c1-4-13-7-5-6-11(2)17(13)20-12(3)15-9-8-14(18)10-16(15)19/h5-10,12,20H,4H2,1-3H3. The topological polar surface area (TPSA) is 12.0 Å². The molecule has 1 atom stereocenters. The summed E-state index contributed by atoms with van der Waals surface area (Å²) < 4.78 is 14.8. The Hall–Kier alpha value is -1.35. The van der Waals surface area contributed by atoms with Crippen LogP contribution >= 0.6 is 15.9 Å². The van der Waals surface area contributed by atoms with Crippen molar-refractivity contribution in [2.24, 2.45) is 0 Å². The van der Waals surface area contributed by atoms with Crippen molar-refractivity contribution < 1.29 is 4.39 Å². The molecule has 0 spiro atoms. The van der Waals surface area contributed by atoms with Crippen LogP contribution in [0, 0.1) is 12.7 Å². The second kappa shape index (κ2) is 6.40. The summed E-state index contributed by atoms with van der Waals surface area (Å²) in [6.07, 6.45) is 0.958. The van der Waals surface area contributed by atoms with Gasteiger partial charge in [-0.2, -0.15) is 0 Å². The molecule has 1 nitrogen and oxygen atoms in total. The van der Waals surface area contributed by atoms with Gasteiger partial charge in [-0.25, -0.2) is 4.39 Å². The highest BCUT2D eigenvalue weighted by atomic mass is 79.9. The summed E-state index contributed by atoms with van der Waals surface area (Å²) in [5.41, 5.74) is 4.24. The SMILES string of the molecule is CCc1cccc(C)c1NC(C)c1ccc(Br)cc1F. The number of hydrogen-bond donors (Lipinski definition) is 1. The summed E-state index contributed by atoms with van der Waals surface area (Å²) in [5.74, 6) is -0.189. The molecule has 0 aliphatic heterocycles. The molecule has 0 bridgehead atoms. The molecule has 2 aromatic carbocycles. The largest absolute Gasteiger partial charge is 0.378 e. The Morgan fingerprint density at radius 3 is 2.65 bits per heavy atom. The number of nitrogens with one attached hydrogen (secondary N) is 1. The van der Waals surface area contributed by atoms with Gasteiger partial charge in [0.05, 0.1) is 6.04 Å². The van der Waals surface area contributed by atoms with Gasteiger partial charge in [-0.05, 0) is 43.5 Å². The van der Waals surface area contributed by atoms with Crippen LogP contribution < -0.4 is 5.32 Å². The van der Waals surface area contributed by atoms with E-state index in [4.69, 9.17) is 0 Å². The first-order valence-electron chi connectivity index (χ1n) is 6.83. The highest BCUT2D eigenvalue weighted by Crippen LogP contribution is 2.28. The van der Waals surface area contributed by atoms with Crippen molar-refractivity contribution >= 4 is 21.6 Å². The van der Waals surface area contributed by atoms with E-state index in [0.717, 1.165) is 16.6 Å². The number of aryl methyl sites for hydroxylation is 2. The maximum Gasteiger partial charge on any atom is 0.129 e. The summed E-state index contributed by atoms with van der Waals surface area (Å²) in [6, 6.07) is 11.4. The number of rotatable bonds is 4. The van der Waals surface area contributed by atoms with Gasteiger partial charge in [0.1, 0.15) is 5.82 Å². The van der Waals surface area contributed by atoms with E-state index in [9.17, 15) is 4.39 Å². The third kappa shape index (κ3) is 3.21. The van der Waals surface area contributed by atoms with Crippen molar-refractivity contribution in [1.29, 1.82) is 0 Å². The molecule has 0 saturated carbocycles. The Morgan fingerprint density at radius 2 is 2.00 bits per heavy atom. The summed E-state index contributed by atoms with van der Waals surface area (Å²) in [7, 11) is 0. The Bertz CT molecular complexity index is 610. The van der Waals surface area contributed by atoms with E-state index in [1.165, 1.54) is 17.2 Å². The van der Waals surface area contributed by atoms with Crippen LogP contribution in [0.1, 0.15) is 36.6 Å². The molecule has 20 heavy (non-hydrogen) atoms. The van der Waals surface area contributed by atoms with E-state index in [1.807, 2.05) is 19.1 Å². The molecule has 0 aliphatic rings. The van der Waals surface area contributed by atoms with Crippen molar-refractivity contribution in [3.63, 3.8) is 0 Å². The molecule has 0 heterocycles. The lowest BCUT2D eigenvalue weighted by Crippen LogP contribution is -2.11. The van der Waals surface area contributed by atoms with Gasteiger partial charge in [0.2, 0.25) is 0 Å². The average Bonchev–Trinajstić information content (AvgIpc) is 2.40. The predicted octanol–water partition coefficient (Wildman–Crippen LogP) is 5.63. The van der Waals surface area contributed by atoms with Crippen LogP contribution in [0.5, 0.6) is 0 Å². The number of halogens is 2. The predicted molar refractivity (Wildman–Crippen MR) is 86.7 cm³/mol. The molecule has 0 fully saturated rings. The molecule has 1 unspecified atom stereocenters. The molecule has 2 rings (SSSR count). The average molecular weight is 336 g/mol. The zero-order valence-corrected chi connectivity index (χ0v) is 13.6. The normalized spacial score (nSPS) is 12.2. The Balaban J connectivity index is 2.30. The van der Waals surface area contributed by atoms with Crippen molar-refractivity contribution in [1.82, 2.24) is 0 Å². The van der Waals surface area contributed by atoms with E-state index in [2.05, 4.69) is 53.3 Å². The number of hydrogen-bond acceptors (Lipinski definition) is 1. The van der Waals surface area contributed by atoms with E-state index < -0.39 is 0 Å². The second-order valence-electron chi connectivity index (χ2n) is 4.99. The molecule has 1 N–H and O–H groups in total. The van der Waals surface area contributed by atoms with E-state index in [1.54, 1.807) is 0 Å². The third-order valence-corrected chi connectivity index (χ3v) is 4.02. The van der Waals surface area contributed by atoms with Crippen LogP contribution in [-0.4, -0.2) is 0 Å². The minimum absolute atomic E-state index is 0.0745. The summed E-state index contributed by atoms with van der Waals surface area (Å²) >= 11 is 3.29. The summed E-state index contributed by atoms with van der Waals surface area (Å²) in [6.45, 7) is 6.19. The molecule has 0 amide bonds. The molecule has 0 saturated heterocycles.